The lowest BCUT2D eigenvalue weighted by atomic mass is 10.2. The van der Waals surface area contributed by atoms with Crippen molar-refractivity contribution in [2.24, 2.45) is 0 Å². The first kappa shape index (κ1) is 20.3. The maximum absolute atomic E-state index is 13.7. The molecule has 0 unspecified atom stereocenters. The Hall–Kier alpha value is -3.44. The standard InChI is InChI=1S/C17H14F5N7/c1-8(2)29(11-6-9(18)5-10(19)7-11)16-27-14(26-15(23)28-16)13-24-4-3-12(25-13)17(20,21)22/h3-8H,1-2H3,(H2,23,26,27,28). The molecule has 12 heteroatoms. The lowest BCUT2D eigenvalue weighted by molar-refractivity contribution is -0.141. The number of hydrogen-bond donors (Lipinski definition) is 1. The summed E-state index contributed by atoms with van der Waals surface area (Å²) in [6.07, 6.45) is -3.78. The number of alkyl halides is 3. The molecular weight excluding hydrogens is 397 g/mol. The fourth-order valence-corrected chi connectivity index (χ4v) is 2.54. The van der Waals surface area contributed by atoms with Crippen LogP contribution < -0.4 is 10.6 Å². The third-order valence-electron chi connectivity index (χ3n) is 3.64. The van der Waals surface area contributed by atoms with E-state index in [0.717, 1.165) is 18.3 Å². The molecule has 0 radical (unpaired) electrons. The minimum atomic E-state index is -4.69. The van der Waals surface area contributed by atoms with Crippen LogP contribution in [0.15, 0.2) is 30.5 Å². The number of hydrogen-bond acceptors (Lipinski definition) is 7. The van der Waals surface area contributed by atoms with Gasteiger partial charge < -0.3 is 10.6 Å². The van der Waals surface area contributed by atoms with E-state index in [1.54, 1.807) is 13.8 Å². The molecule has 152 valence electrons. The smallest absolute Gasteiger partial charge is 0.368 e. The molecular formula is C17H14F5N7. The van der Waals surface area contributed by atoms with Crippen molar-refractivity contribution in [3.8, 4) is 11.6 Å². The molecule has 0 bridgehead atoms. The summed E-state index contributed by atoms with van der Waals surface area (Å²) in [4.78, 5) is 20.3. The molecule has 2 aromatic heterocycles. The monoisotopic (exact) mass is 411 g/mol. The van der Waals surface area contributed by atoms with Crippen molar-refractivity contribution in [1.29, 1.82) is 0 Å². The van der Waals surface area contributed by atoms with Gasteiger partial charge in [-0.05, 0) is 32.0 Å². The Morgan fingerprint density at radius 2 is 1.59 bits per heavy atom. The number of nitrogens with zero attached hydrogens (tertiary/aromatic N) is 6. The first-order valence-corrected chi connectivity index (χ1v) is 8.22. The number of nitrogen functional groups attached to an aromatic ring is 1. The quantitative estimate of drug-likeness (QED) is 0.654. The lowest BCUT2D eigenvalue weighted by Crippen LogP contribution is -2.28. The minimum Gasteiger partial charge on any atom is -0.368 e. The van der Waals surface area contributed by atoms with Gasteiger partial charge in [-0.15, -0.1) is 0 Å². The molecule has 0 saturated heterocycles. The predicted molar refractivity (Wildman–Crippen MR) is 93.9 cm³/mol. The van der Waals surface area contributed by atoms with Crippen molar-refractivity contribution in [3.63, 3.8) is 0 Å². The van der Waals surface area contributed by atoms with Crippen molar-refractivity contribution in [3.05, 3.63) is 47.8 Å². The molecule has 0 saturated carbocycles. The zero-order chi connectivity index (χ0) is 21.3. The van der Waals surface area contributed by atoms with Crippen LogP contribution in [0.1, 0.15) is 19.5 Å². The molecule has 0 spiro atoms. The summed E-state index contributed by atoms with van der Waals surface area (Å²) >= 11 is 0. The topological polar surface area (TPSA) is 93.7 Å². The maximum atomic E-state index is 13.7. The van der Waals surface area contributed by atoms with Crippen LogP contribution >= 0.6 is 0 Å². The number of benzene rings is 1. The summed E-state index contributed by atoms with van der Waals surface area (Å²) < 4.78 is 66.1. The summed E-state index contributed by atoms with van der Waals surface area (Å²) in [6.45, 7) is 3.40. The van der Waals surface area contributed by atoms with E-state index in [1.807, 2.05) is 0 Å². The minimum absolute atomic E-state index is 0.0824. The molecule has 3 rings (SSSR count). The molecule has 29 heavy (non-hydrogen) atoms. The third-order valence-corrected chi connectivity index (χ3v) is 3.64. The maximum Gasteiger partial charge on any atom is 0.433 e. The summed E-state index contributed by atoms with van der Waals surface area (Å²) in [5.74, 6) is -2.85. The van der Waals surface area contributed by atoms with Gasteiger partial charge in [-0.1, -0.05) is 0 Å². The van der Waals surface area contributed by atoms with E-state index in [4.69, 9.17) is 5.73 Å². The number of aromatic nitrogens is 5. The highest BCUT2D eigenvalue weighted by Gasteiger charge is 2.33. The Morgan fingerprint density at radius 3 is 2.17 bits per heavy atom. The van der Waals surface area contributed by atoms with Gasteiger partial charge in [0.1, 0.15) is 17.3 Å². The van der Waals surface area contributed by atoms with Crippen LogP contribution in [-0.4, -0.2) is 31.0 Å². The van der Waals surface area contributed by atoms with Crippen LogP contribution in [0.3, 0.4) is 0 Å². The zero-order valence-electron chi connectivity index (χ0n) is 15.1. The molecule has 0 aliphatic rings. The van der Waals surface area contributed by atoms with Crippen LogP contribution in [0.25, 0.3) is 11.6 Å². The van der Waals surface area contributed by atoms with Crippen molar-refractivity contribution in [1.82, 2.24) is 24.9 Å². The highest BCUT2D eigenvalue weighted by Crippen LogP contribution is 2.30. The van der Waals surface area contributed by atoms with Gasteiger partial charge in [0.05, 0.1) is 0 Å². The van der Waals surface area contributed by atoms with Crippen molar-refractivity contribution >= 4 is 17.6 Å². The highest BCUT2D eigenvalue weighted by molar-refractivity contribution is 5.61. The molecule has 0 amide bonds. The predicted octanol–water partition coefficient (Wildman–Crippen LogP) is 3.75. The van der Waals surface area contributed by atoms with Crippen molar-refractivity contribution in [2.75, 3.05) is 10.6 Å². The van der Waals surface area contributed by atoms with E-state index < -0.39 is 35.4 Å². The molecule has 0 aliphatic carbocycles. The fourth-order valence-electron chi connectivity index (χ4n) is 2.54. The van der Waals surface area contributed by atoms with E-state index in [9.17, 15) is 22.0 Å². The average Bonchev–Trinajstić information content (AvgIpc) is 2.59. The molecule has 0 atom stereocenters. The number of anilines is 3. The number of rotatable bonds is 4. The fraction of sp³-hybridized carbons (Fsp3) is 0.235. The second kappa shape index (κ2) is 7.53. The summed E-state index contributed by atoms with van der Waals surface area (Å²) in [5, 5.41) is 0. The van der Waals surface area contributed by atoms with Crippen LogP contribution in [-0.2, 0) is 6.18 Å². The van der Waals surface area contributed by atoms with E-state index >= 15 is 0 Å². The van der Waals surface area contributed by atoms with Gasteiger partial charge in [-0.2, -0.15) is 28.1 Å². The largest absolute Gasteiger partial charge is 0.433 e. The molecule has 2 heterocycles. The number of halogens is 5. The molecule has 7 nitrogen and oxygen atoms in total. The second-order valence-corrected chi connectivity index (χ2v) is 6.17. The Balaban J connectivity index is 2.12. The van der Waals surface area contributed by atoms with Gasteiger partial charge >= 0.3 is 6.18 Å². The third kappa shape index (κ3) is 4.52. The zero-order valence-corrected chi connectivity index (χ0v) is 15.1. The number of nitrogens with two attached hydrogens (primary N) is 1. The molecule has 2 N–H and O–H groups in total. The summed E-state index contributed by atoms with van der Waals surface area (Å²) in [5.41, 5.74) is 4.58. The van der Waals surface area contributed by atoms with Gasteiger partial charge in [-0.25, -0.2) is 18.7 Å². The average molecular weight is 411 g/mol. The van der Waals surface area contributed by atoms with Crippen LogP contribution in [0.2, 0.25) is 0 Å². The van der Waals surface area contributed by atoms with Gasteiger partial charge in [0.2, 0.25) is 17.7 Å². The first-order valence-electron chi connectivity index (χ1n) is 8.22. The van der Waals surface area contributed by atoms with Gasteiger partial charge in [0.25, 0.3) is 0 Å². The van der Waals surface area contributed by atoms with Crippen LogP contribution in [0, 0.1) is 11.6 Å². The molecule has 0 aliphatic heterocycles. The van der Waals surface area contributed by atoms with Crippen molar-refractivity contribution < 1.29 is 22.0 Å². The molecule has 1 aromatic carbocycles. The summed E-state index contributed by atoms with van der Waals surface area (Å²) in [7, 11) is 0. The summed E-state index contributed by atoms with van der Waals surface area (Å²) in [6, 6.07) is 3.12. The second-order valence-electron chi connectivity index (χ2n) is 6.17. The van der Waals surface area contributed by atoms with E-state index in [1.165, 1.54) is 4.90 Å². The first-order chi connectivity index (χ1) is 13.5. The Morgan fingerprint density at radius 1 is 0.931 bits per heavy atom. The molecule has 0 fully saturated rings. The van der Waals surface area contributed by atoms with Gasteiger partial charge in [0, 0.05) is 24.0 Å². The van der Waals surface area contributed by atoms with Crippen LogP contribution in [0.4, 0.5) is 39.5 Å². The Kier molecular flexibility index (Phi) is 5.27. The molecule has 3 aromatic rings. The van der Waals surface area contributed by atoms with E-state index in [-0.39, 0.29) is 23.4 Å². The Bertz CT molecular complexity index is 1020. The van der Waals surface area contributed by atoms with Crippen LogP contribution in [0.5, 0.6) is 0 Å². The normalized spacial score (nSPS) is 11.7. The highest BCUT2D eigenvalue weighted by atomic mass is 19.4. The Labute approximate surface area is 161 Å². The van der Waals surface area contributed by atoms with E-state index in [0.29, 0.717) is 12.1 Å². The SMILES string of the molecule is CC(C)N(c1cc(F)cc(F)c1)c1nc(N)nc(-c2nccc(C(F)(F)F)n2)n1. The van der Waals surface area contributed by atoms with Crippen molar-refractivity contribution in [2.45, 2.75) is 26.1 Å². The van der Waals surface area contributed by atoms with E-state index in [2.05, 4.69) is 24.9 Å². The lowest BCUT2D eigenvalue weighted by Gasteiger charge is -2.27. The van der Waals surface area contributed by atoms with Gasteiger partial charge in [-0.3, -0.25) is 0 Å². The van der Waals surface area contributed by atoms with Gasteiger partial charge in [0.15, 0.2) is 5.82 Å².